The van der Waals surface area contributed by atoms with Crippen LogP contribution in [0.15, 0.2) is 24.3 Å². The van der Waals surface area contributed by atoms with Crippen LogP contribution in [0.2, 0.25) is 5.02 Å². The summed E-state index contributed by atoms with van der Waals surface area (Å²) >= 11 is 6.11. The number of benzene rings is 1. The topological polar surface area (TPSA) is 62.3 Å². The zero-order chi connectivity index (χ0) is 17.4. The molecule has 2 aromatic rings. The number of carbonyl (C=O) groups excluding carboxylic acids is 2. The average Bonchev–Trinajstić information content (AvgIpc) is 2.53. The van der Waals surface area contributed by atoms with Crippen LogP contribution in [0.3, 0.4) is 0 Å². The summed E-state index contributed by atoms with van der Waals surface area (Å²) in [5, 5.41) is 4.11. The quantitative estimate of drug-likeness (QED) is 0.910. The Kier molecular flexibility index (Phi) is 4.45. The van der Waals surface area contributed by atoms with Gasteiger partial charge in [-0.2, -0.15) is 0 Å². The number of amides is 2. The highest BCUT2D eigenvalue weighted by atomic mass is 35.5. The van der Waals surface area contributed by atoms with Crippen LogP contribution in [0.1, 0.15) is 29.9 Å². The molecule has 1 atom stereocenters. The van der Waals surface area contributed by atoms with Gasteiger partial charge in [0.25, 0.3) is 5.91 Å². The van der Waals surface area contributed by atoms with Gasteiger partial charge in [0.15, 0.2) is 0 Å². The lowest BCUT2D eigenvalue weighted by Gasteiger charge is -2.37. The number of hydrogen-bond donors (Lipinski definition) is 1. The van der Waals surface area contributed by atoms with Crippen molar-refractivity contribution < 1.29 is 9.59 Å². The van der Waals surface area contributed by atoms with Gasteiger partial charge in [0.05, 0.1) is 11.1 Å². The summed E-state index contributed by atoms with van der Waals surface area (Å²) in [6.07, 6.45) is 0. The van der Waals surface area contributed by atoms with E-state index in [-0.39, 0.29) is 17.7 Å². The molecule has 0 spiro atoms. The predicted molar refractivity (Wildman–Crippen MR) is 94.2 cm³/mol. The molecule has 3 rings (SSSR count). The molecule has 1 aromatic heterocycles. The van der Waals surface area contributed by atoms with Crippen molar-refractivity contribution in [2.45, 2.75) is 26.8 Å². The zero-order valence-corrected chi connectivity index (χ0v) is 14.7. The third-order valence-electron chi connectivity index (χ3n) is 4.28. The fourth-order valence-electron chi connectivity index (χ4n) is 3.24. The van der Waals surface area contributed by atoms with Crippen LogP contribution in [0, 0.1) is 12.8 Å². The molecule has 0 saturated carbocycles. The van der Waals surface area contributed by atoms with E-state index in [0.717, 1.165) is 11.2 Å². The van der Waals surface area contributed by atoms with E-state index in [4.69, 9.17) is 11.6 Å². The number of nitrogens with zero attached hydrogens (tertiary/aromatic N) is 2. The van der Waals surface area contributed by atoms with E-state index >= 15 is 0 Å². The zero-order valence-electron chi connectivity index (χ0n) is 14.0. The first-order valence-corrected chi connectivity index (χ1v) is 8.42. The number of piperazine rings is 1. The highest BCUT2D eigenvalue weighted by Gasteiger charge is 2.36. The van der Waals surface area contributed by atoms with Gasteiger partial charge in [-0.25, -0.2) is 0 Å². The molecule has 1 aromatic carbocycles. The molecular formula is C18H20ClN3O2. The number of pyridine rings is 1. The lowest BCUT2D eigenvalue weighted by Crippen LogP contribution is -2.59. The van der Waals surface area contributed by atoms with Gasteiger partial charge in [-0.15, -0.1) is 0 Å². The molecular weight excluding hydrogens is 326 g/mol. The number of nitrogens with one attached hydrogen (secondary N) is 1. The van der Waals surface area contributed by atoms with E-state index in [0.29, 0.717) is 29.1 Å². The highest BCUT2D eigenvalue weighted by Crippen LogP contribution is 2.25. The molecule has 1 saturated heterocycles. The molecule has 2 heterocycles. The molecule has 6 heteroatoms. The summed E-state index contributed by atoms with van der Waals surface area (Å²) < 4.78 is 0. The normalized spacial score (nSPS) is 18.1. The van der Waals surface area contributed by atoms with Crippen LogP contribution in [0.25, 0.3) is 10.9 Å². The van der Waals surface area contributed by atoms with Crippen molar-refractivity contribution in [1.82, 2.24) is 15.2 Å². The fourth-order valence-corrected chi connectivity index (χ4v) is 3.41. The molecule has 24 heavy (non-hydrogen) atoms. The molecule has 1 fully saturated rings. The van der Waals surface area contributed by atoms with Crippen molar-refractivity contribution in [3.8, 4) is 0 Å². The largest absolute Gasteiger partial charge is 0.353 e. The first-order valence-electron chi connectivity index (χ1n) is 8.04. The first kappa shape index (κ1) is 16.7. The Morgan fingerprint density at radius 2 is 2.12 bits per heavy atom. The monoisotopic (exact) mass is 345 g/mol. The van der Waals surface area contributed by atoms with Crippen molar-refractivity contribution in [1.29, 1.82) is 0 Å². The first-order chi connectivity index (χ1) is 11.4. The minimum absolute atomic E-state index is 0.0343. The Bertz CT molecular complexity index is 819. The number of carbonyl (C=O) groups is 2. The molecule has 0 aliphatic carbocycles. The standard InChI is InChI=1S/C18H20ClN3O2/c1-10(2)16-17(23)20-6-7-22(16)18(24)14-8-11(3)21-15-5-4-12(19)9-13(14)15/h4-5,8-10,16H,6-7H2,1-3H3,(H,20,23)/t16-/m0/s1. The molecule has 1 aliphatic heterocycles. The molecule has 0 bridgehead atoms. The number of rotatable bonds is 2. The predicted octanol–water partition coefficient (Wildman–Crippen LogP) is 2.79. The van der Waals surface area contributed by atoms with E-state index < -0.39 is 6.04 Å². The number of halogens is 1. The van der Waals surface area contributed by atoms with Gasteiger partial charge in [0, 0.05) is 29.2 Å². The lowest BCUT2D eigenvalue weighted by molar-refractivity contribution is -0.129. The lowest BCUT2D eigenvalue weighted by atomic mass is 9.97. The molecule has 2 amide bonds. The molecule has 0 radical (unpaired) electrons. The van der Waals surface area contributed by atoms with Crippen molar-refractivity contribution in [3.63, 3.8) is 0 Å². The van der Waals surface area contributed by atoms with Crippen molar-refractivity contribution in [2.24, 2.45) is 5.92 Å². The van der Waals surface area contributed by atoms with Crippen LogP contribution < -0.4 is 5.32 Å². The van der Waals surface area contributed by atoms with Crippen LogP contribution in [-0.2, 0) is 4.79 Å². The second-order valence-electron chi connectivity index (χ2n) is 6.45. The van der Waals surface area contributed by atoms with E-state index in [1.807, 2.05) is 26.8 Å². The van der Waals surface area contributed by atoms with E-state index in [9.17, 15) is 9.59 Å². The maximum atomic E-state index is 13.2. The third kappa shape index (κ3) is 2.96. The number of fused-ring (bicyclic) bond motifs is 1. The Morgan fingerprint density at radius 3 is 2.83 bits per heavy atom. The van der Waals surface area contributed by atoms with Crippen LogP contribution in [0.4, 0.5) is 0 Å². The highest BCUT2D eigenvalue weighted by molar-refractivity contribution is 6.31. The van der Waals surface area contributed by atoms with Crippen molar-refractivity contribution in [3.05, 3.63) is 40.5 Å². The van der Waals surface area contributed by atoms with Crippen molar-refractivity contribution >= 4 is 34.3 Å². The number of aryl methyl sites for hydroxylation is 1. The summed E-state index contributed by atoms with van der Waals surface area (Å²) in [6.45, 7) is 6.71. The maximum absolute atomic E-state index is 13.2. The maximum Gasteiger partial charge on any atom is 0.255 e. The Balaban J connectivity index is 2.10. The Morgan fingerprint density at radius 1 is 1.38 bits per heavy atom. The molecule has 1 aliphatic rings. The smallest absolute Gasteiger partial charge is 0.255 e. The Labute approximate surface area is 146 Å². The van der Waals surface area contributed by atoms with E-state index in [1.165, 1.54) is 0 Å². The Hall–Kier alpha value is -2.14. The van der Waals surface area contributed by atoms with Gasteiger partial charge in [0.2, 0.25) is 5.91 Å². The second-order valence-corrected chi connectivity index (χ2v) is 6.89. The van der Waals surface area contributed by atoms with Gasteiger partial charge in [-0.3, -0.25) is 14.6 Å². The van der Waals surface area contributed by atoms with Crippen molar-refractivity contribution in [2.75, 3.05) is 13.1 Å². The van der Waals surface area contributed by atoms with E-state index in [2.05, 4.69) is 10.3 Å². The summed E-state index contributed by atoms with van der Waals surface area (Å²) in [7, 11) is 0. The fraction of sp³-hybridized carbons (Fsp3) is 0.389. The summed E-state index contributed by atoms with van der Waals surface area (Å²) in [5.74, 6) is -0.217. The van der Waals surface area contributed by atoms with Gasteiger partial charge in [-0.1, -0.05) is 25.4 Å². The molecule has 0 unspecified atom stereocenters. The summed E-state index contributed by atoms with van der Waals surface area (Å²) in [5.41, 5.74) is 2.03. The van der Waals surface area contributed by atoms with Gasteiger partial charge >= 0.3 is 0 Å². The number of hydrogen-bond acceptors (Lipinski definition) is 3. The van der Waals surface area contributed by atoms with Gasteiger partial charge in [0.1, 0.15) is 6.04 Å². The van der Waals surface area contributed by atoms with Crippen LogP contribution in [-0.4, -0.2) is 40.8 Å². The van der Waals surface area contributed by atoms with Gasteiger partial charge < -0.3 is 10.2 Å². The minimum Gasteiger partial charge on any atom is -0.353 e. The number of aromatic nitrogens is 1. The minimum atomic E-state index is -0.464. The SMILES string of the molecule is Cc1cc(C(=O)N2CCNC(=O)[C@@H]2C(C)C)c2cc(Cl)ccc2n1. The molecule has 126 valence electrons. The molecule has 1 N–H and O–H groups in total. The van der Waals surface area contributed by atoms with Crippen LogP contribution in [0.5, 0.6) is 0 Å². The third-order valence-corrected chi connectivity index (χ3v) is 4.51. The van der Waals surface area contributed by atoms with Gasteiger partial charge in [-0.05, 0) is 37.1 Å². The van der Waals surface area contributed by atoms with E-state index in [1.54, 1.807) is 23.1 Å². The summed E-state index contributed by atoms with van der Waals surface area (Å²) in [6, 6.07) is 6.63. The molecule has 5 nitrogen and oxygen atoms in total. The summed E-state index contributed by atoms with van der Waals surface area (Å²) in [4.78, 5) is 31.6. The second kappa shape index (κ2) is 6.40. The average molecular weight is 346 g/mol. The van der Waals surface area contributed by atoms with Crippen LogP contribution >= 0.6 is 11.6 Å².